The molecule has 4 N–H and O–H groups in total. The van der Waals surface area contributed by atoms with Gasteiger partial charge in [-0.25, -0.2) is 0 Å². The summed E-state index contributed by atoms with van der Waals surface area (Å²) in [7, 11) is 0. The normalized spacial score (nSPS) is 35.9. The summed E-state index contributed by atoms with van der Waals surface area (Å²) in [4.78, 5) is 14.5. The van der Waals surface area contributed by atoms with Crippen molar-refractivity contribution in [3.05, 3.63) is 0 Å². The van der Waals surface area contributed by atoms with Gasteiger partial charge >= 0.3 is 0 Å². The molecule has 17 heavy (non-hydrogen) atoms. The van der Waals surface area contributed by atoms with Gasteiger partial charge in [0.25, 0.3) is 0 Å². The zero-order chi connectivity index (χ0) is 12.4. The van der Waals surface area contributed by atoms with Crippen LogP contribution in [0.5, 0.6) is 0 Å². The zero-order valence-corrected chi connectivity index (χ0v) is 10.8. The molecule has 0 spiro atoms. The first-order valence-corrected chi connectivity index (χ1v) is 6.91. The molecule has 2 fully saturated rings. The van der Waals surface area contributed by atoms with Gasteiger partial charge in [-0.3, -0.25) is 4.79 Å². The Hall–Kier alpha value is -0.610. The molecule has 0 aromatic heterocycles. The van der Waals surface area contributed by atoms with Crippen LogP contribution in [0.25, 0.3) is 0 Å². The number of hydrogen-bond donors (Lipinski definition) is 2. The maximum atomic E-state index is 12.5. The summed E-state index contributed by atoms with van der Waals surface area (Å²) in [5, 5.41) is 0. The third-order valence-corrected chi connectivity index (χ3v) is 4.26. The Balaban J connectivity index is 2.01. The van der Waals surface area contributed by atoms with E-state index in [1.54, 1.807) is 0 Å². The lowest BCUT2D eigenvalue weighted by Gasteiger charge is -2.39. The van der Waals surface area contributed by atoms with Gasteiger partial charge in [0.05, 0.1) is 0 Å². The molecule has 1 aliphatic heterocycles. The Morgan fingerprint density at radius 1 is 1.29 bits per heavy atom. The number of hydrogen-bond acceptors (Lipinski definition) is 3. The number of carbonyl (C=O) groups excluding carboxylic acids is 1. The Morgan fingerprint density at radius 2 is 2.06 bits per heavy atom. The maximum Gasteiger partial charge on any atom is 0.226 e. The van der Waals surface area contributed by atoms with Gasteiger partial charge in [0.2, 0.25) is 5.91 Å². The van der Waals surface area contributed by atoms with E-state index in [2.05, 4.69) is 0 Å². The number of nitrogens with zero attached hydrogens (tertiary/aromatic N) is 1. The fourth-order valence-electron chi connectivity index (χ4n) is 3.25. The smallest absolute Gasteiger partial charge is 0.226 e. The highest BCUT2D eigenvalue weighted by Crippen LogP contribution is 2.29. The molecule has 1 aliphatic carbocycles. The predicted molar refractivity (Wildman–Crippen MR) is 68.3 cm³/mol. The molecular weight excluding hydrogens is 214 g/mol. The molecule has 2 aliphatic rings. The molecule has 1 heterocycles. The number of nitrogens with two attached hydrogens (primary N) is 2. The zero-order valence-electron chi connectivity index (χ0n) is 10.8. The van der Waals surface area contributed by atoms with Crippen molar-refractivity contribution in [1.29, 1.82) is 0 Å². The fourth-order valence-corrected chi connectivity index (χ4v) is 3.25. The Kier molecular flexibility index (Phi) is 4.05. The highest BCUT2D eigenvalue weighted by molar-refractivity contribution is 5.79. The van der Waals surface area contributed by atoms with Gasteiger partial charge < -0.3 is 16.4 Å². The molecule has 0 bridgehead atoms. The third-order valence-electron chi connectivity index (χ3n) is 4.26. The van der Waals surface area contributed by atoms with Crippen LogP contribution in [-0.4, -0.2) is 35.5 Å². The second kappa shape index (κ2) is 5.36. The van der Waals surface area contributed by atoms with E-state index in [0.717, 1.165) is 38.6 Å². The number of likely N-dealkylation sites (tertiary alicyclic amines) is 1. The van der Waals surface area contributed by atoms with Crippen LogP contribution in [0.3, 0.4) is 0 Å². The second-order valence-corrected chi connectivity index (χ2v) is 5.72. The quantitative estimate of drug-likeness (QED) is 0.750. The molecule has 1 saturated carbocycles. The van der Waals surface area contributed by atoms with Crippen molar-refractivity contribution < 1.29 is 4.79 Å². The standard InChI is InChI=1S/C13H25N3O/c1-9(14)12-4-2-3-7-16(12)13(17)10-5-6-11(15)8-10/h9-12H,2-8,14-15H2,1H3/t9-,10+,11-,12-/m0/s1. The van der Waals surface area contributed by atoms with Crippen molar-refractivity contribution >= 4 is 5.91 Å². The average Bonchev–Trinajstić information content (AvgIpc) is 2.75. The molecule has 1 saturated heterocycles. The molecule has 2 rings (SSSR count). The van der Waals surface area contributed by atoms with Crippen molar-refractivity contribution in [3.8, 4) is 0 Å². The van der Waals surface area contributed by atoms with Crippen LogP contribution in [0.4, 0.5) is 0 Å². The summed E-state index contributed by atoms with van der Waals surface area (Å²) >= 11 is 0. The van der Waals surface area contributed by atoms with Gasteiger partial charge in [0.1, 0.15) is 0 Å². The minimum absolute atomic E-state index is 0.0781. The predicted octanol–water partition coefficient (Wildman–Crippen LogP) is 0.842. The Morgan fingerprint density at radius 3 is 2.65 bits per heavy atom. The molecule has 4 heteroatoms. The van der Waals surface area contributed by atoms with Crippen LogP contribution in [0.2, 0.25) is 0 Å². The minimum atomic E-state index is 0.0781. The number of amides is 1. The van der Waals surface area contributed by atoms with Crippen molar-refractivity contribution in [2.24, 2.45) is 17.4 Å². The average molecular weight is 239 g/mol. The molecule has 0 aromatic rings. The lowest BCUT2D eigenvalue weighted by atomic mass is 9.94. The van der Waals surface area contributed by atoms with Gasteiger partial charge in [-0.2, -0.15) is 0 Å². The Labute approximate surface area is 104 Å². The van der Waals surface area contributed by atoms with Gasteiger partial charge in [0, 0.05) is 30.6 Å². The minimum Gasteiger partial charge on any atom is -0.338 e. The van der Waals surface area contributed by atoms with E-state index in [9.17, 15) is 4.79 Å². The highest BCUT2D eigenvalue weighted by Gasteiger charge is 2.36. The van der Waals surface area contributed by atoms with Gasteiger partial charge in [-0.15, -0.1) is 0 Å². The second-order valence-electron chi connectivity index (χ2n) is 5.72. The highest BCUT2D eigenvalue weighted by atomic mass is 16.2. The first kappa shape index (κ1) is 12.8. The summed E-state index contributed by atoms with van der Waals surface area (Å²) in [5.41, 5.74) is 11.9. The summed E-state index contributed by atoms with van der Waals surface area (Å²) in [5.74, 6) is 0.462. The van der Waals surface area contributed by atoms with Crippen molar-refractivity contribution in [2.75, 3.05) is 6.54 Å². The van der Waals surface area contributed by atoms with E-state index >= 15 is 0 Å². The molecule has 4 atom stereocenters. The largest absolute Gasteiger partial charge is 0.338 e. The molecule has 4 nitrogen and oxygen atoms in total. The van der Waals surface area contributed by atoms with Gasteiger partial charge in [0.15, 0.2) is 0 Å². The van der Waals surface area contributed by atoms with E-state index in [1.807, 2.05) is 11.8 Å². The maximum absolute atomic E-state index is 12.5. The van der Waals surface area contributed by atoms with E-state index in [-0.39, 0.29) is 24.0 Å². The van der Waals surface area contributed by atoms with Crippen LogP contribution in [0, 0.1) is 5.92 Å². The van der Waals surface area contributed by atoms with Gasteiger partial charge in [-0.1, -0.05) is 0 Å². The molecule has 0 aromatic carbocycles. The third kappa shape index (κ3) is 2.80. The van der Waals surface area contributed by atoms with Crippen LogP contribution in [0.15, 0.2) is 0 Å². The number of rotatable bonds is 2. The number of piperidine rings is 1. The lowest BCUT2D eigenvalue weighted by Crippen LogP contribution is -2.53. The molecule has 98 valence electrons. The fraction of sp³-hybridized carbons (Fsp3) is 0.923. The molecule has 0 unspecified atom stereocenters. The lowest BCUT2D eigenvalue weighted by molar-refractivity contribution is -0.139. The van der Waals surface area contributed by atoms with E-state index in [4.69, 9.17) is 11.5 Å². The van der Waals surface area contributed by atoms with Crippen molar-refractivity contribution in [2.45, 2.75) is 63.6 Å². The first-order valence-electron chi connectivity index (χ1n) is 6.91. The van der Waals surface area contributed by atoms with Crippen LogP contribution in [0.1, 0.15) is 45.4 Å². The van der Waals surface area contributed by atoms with E-state index in [1.165, 1.54) is 6.42 Å². The van der Waals surface area contributed by atoms with Crippen LogP contribution >= 0.6 is 0 Å². The molecule has 1 amide bonds. The Bertz CT molecular complexity index is 280. The van der Waals surface area contributed by atoms with Crippen molar-refractivity contribution in [3.63, 3.8) is 0 Å². The SMILES string of the molecule is C[C@H](N)[C@@H]1CCCCN1C(=O)[C@@H]1CC[C@H](N)C1. The van der Waals surface area contributed by atoms with Crippen LogP contribution in [-0.2, 0) is 4.79 Å². The first-order chi connectivity index (χ1) is 8.09. The molecular formula is C13H25N3O. The molecule has 0 radical (unpaired) electrons. The summed E-state index contributed by atoms with van der Waals surface area (Å²) in [6.07, 6.45) is 6.19. The monoisotopic (exact) mass is 239 g/mol. The topological polar surface area (TPSA) is 72.3 Å². The van der Waals surface area contributed by atoms with Gasteiger partial charge in [-0.05, 0) is 45.4 Å². The van der Waals surface area contributed by atoms with Crippen LogP contribution < -0.4 is 11.5 Å². The van der Waals surface area contributed by atoms with E-state index in [0.29, 0.717) is 5.91 Å². The van der Waals surface area contributed by atoms with Crippen molar-refractivity contribution in [1.82, 2.24) is 4.90 Å². The van der Waals surface area contributed by atoms with E-state index < -0.39 is 0 Å². The summed E-state index contributed by atoms with van der Waals surface area (Å²) in [6, 6.07) is 0.546. The summed E-state index contributed by atoms with van der Waals surface area (Å²) < 4.78 is 0. The summed E-state index contributed by atoms with van der Waals surface area (Å²) in [6.45, 7) is 2.90. The number of carbonyl (C=O) groups is 1.